The van der Waals surface area contributed by atoms with Gasteiger partial charge in [-0.2, -0.15) is 0 Å². The number of carbonyl (C=O) groups excluding carboxylic acids is 1. The monoisotopic (exact) mass is 314 g/mol. The average molecular weight is 315 g/mol. The van der Waals surface area contributed by atoms with Crippen LogP contribution in [0.5, 0.6) is 0 Å². The second-order valence-corrected chi connectivity index (χ2v) is 6.00. The number of aliphatic hydroxyl groups is 1. The molecule has 0 saturated heterocycles. The minimum absolute atomic E-state index is 0.154. The molecule has 1 aromatic rings. The van der Waals surface area contributed by atoms with Crippen LogP contribution >= 0.6 is 11.6 Å². The Hall–Kier alpha value is -1.30. The number of aliphatic hydroxyl groups excluding tert-OH is 1. The lowest BCUT2D eigenvalue weighted by molar-refractivity contribution is 0.0659. The molecule has 1 unspecified atom stereocenters. The van der Waals surface area contributed by atoms with E-state index < -0.39 is 6.10 Å². The molecule has 118 valence electrons. The molecule has 0 aromatic heterocycles. The van der Waals surface area contributed by atoms with Gasteiger partial charge < -0.3 is 20.5 Å². The topological polar surface area (TPSA) is 70.6 Å². The van der Waals surface area contributed by atoms with Gasteiger partial charge in [0.25, 0.3) is 0 Å². The molecule has 0 aliphatic rings. The number of hydrogen-bond donors (Lipinski definition) is 3. The van der Waals surface area contributed by atoms with Crippen molar-refractivity contribution in [2.75, 3.05) is 26.8 Å². The van der Waals surface area contributed by atoms with Gasteiger partial charge in [0.15, 0.2) is 0 Å². The molecule has 0 fully saturated rings. The standard InChI is InChI=1S/C15H23ClN2O3/c1-15(2,11-4-6-12(16)7-5-11)10-18-14(20)17-8-13(19)9-21-3/h4-7,13,19H,8-10H2,1-3H3,(H2,17,18,20). The van der Waals surface area contributed by atoms with Crippen molar-refractivity contribution in [2.45, 2.75) is 25.4 Å². The lowest BCUT2D eigenvalue weighted by Gasteiger charge is -2.26. The molecule has 0 bridgehead atoms. The summed E-state index contributed by atoms with van der Waals surface area (Å²) in [6, 6.07) is 7.25. The van der Waals surface area contributed by atoms with E-state index in [0.29, 0.717) is 11.6 Å². The quantitative estimate of drug-likeness (QED) is 0.720. The summed E-state index contributed by atoms with van der Waals surface area (Å²) in [5, 5.41) is 15.5. The van der Waals surface area contributed by atoms with E-state index in [1.165, 1.54) is 7.11 Å². The van der Waals surface area contributed by atoms with Gasteiger partial charge in [0, 0.05) is 30.6 Å². The van der Waals surface area contributed by atoms with Gasteiger partial charge in [-0.15, -0.1) is 0 Å². The highest BCUT2D eigenvalue weighted by molar-refractivity contribution is 6.30. The second kappa shape index (κ2) is 8.22. The number of carbonyl (C=O) groups is 1. The first-order valence-corrected chi connectivity index (χ1v) is 7.17. The van der Waals surface area contributed by atoms with Crippen LogP contribution in [0.3, 0.4) is 0 Å². The number of halogens is 1. The first-order valence-electron chi connectivity index (χ1n) is 6.80. The Balaban J connectivity index is 2.42. The SMILES string of the molecule is COCC(O)CNC(=O)NCC(C)(C)c1ccc(Cl)cc1. The van der Waals surface area contributed by atoms with Gasteiger partial charge >= 0.3 is 6.03 Å². The molecule has 0 aliphatic heterocycles. The van der Waals surface area contributed by atoms with Crippen molar-refractivity contribution in [2.24, 2.45) is 0 Å². The molecular weight excluding hydrogens is 292 g/mol. The second-order valence-electron chi connectivity index (χ2n) is 5.56. The molecule has 6 heteroatoms. The summed E-state index contributed by atoms with van der Waals surface area (Å²) < 4.78 is 4.79. The Labute approximate surface area is 130 Å². The maximum atomic E-state index is 11.7. The molecule has 21 heavy (non-hydrogen) atoms. The van der Waals surface area contributed by atoms with Crippen molar-refractivity contribution in [3.05, 3.63) is 34.9 Å². The summed E-state index contributed by atoms with van der Waals surface area (Å²) in [6.45, 7) is 4.89. The molecule has 1 atom stereocenters. The Morgan fingerprint density at radius 2 is 1.95 bits per heavy atom. The lowest BCUT2D eigenvalue weighted by atomic mass is 9.85. The number of ether oxygens (including phenoxy) is 1. The van der Waals surface area contributed by atoms with Crippen LogP contribution in [-0.2, 0) is 10.2 Å². The van der Waals surface area contributed by atoms with Gasteiger partial charge in [0.2, 0.25) is 0 Å². The molecule has 3 N–H and O–H groups in total. The van der Waals surface area contributed by atoms with Crippen LogP contribution in [0.4, 0.5) is 4.79 Å². The summed E-state index contributed by atoms with van der Waals surface area (Å²) in [7, 11) is 1.50. The fraction of sp³-hybridized carbons (Fsp3) is 0.533. The first kappa shape index (κ1) is 17.8. The zero-order valence-corrected chi connectivity index (χ0v) is 13.4. The molecule has 5 nitrogen and oxygen atoms in total. The third-order valence-electron chi connectivity index (χ3n) is 3.17. The van der Waals surface area contributed by atoms with Crippen molar-refractivity contribution >= 4 is 17.6 Å². The normalized spacial score (nSPS) is 12.8. The average Bonchev–Trinajstić information content (AvgIpc) is 2.44. The number of amides is 2. The third-order valence-corrected chi connectivity index (χ3v) is 3.43. The van der Waals surface area contributed by atoms with Crippen molar-refractivity contribution in [1.82, 2.24) is 10.6 Å². The van der Waals surface area contributed by atoms with Crippen LogP contribution < -0.4 is 10.6 Å². The molecule has 1 rings (SSSR count). The maximum Gasteiger partial charge on any atom is 0.314 e. The van der Waals surface area contributed by atoms with E-state index in [0.717, 1.165) is 5.56 Å². The molecule has 0 aliphatic carbocycles. The van der Waals surface area contributed by atoms with E-state index in [1.54, 1.807) is 0 Å². The minimum atomic E-state index is -0.704. The maximum absolute atomic E-state index is 11.7. The molecule has 0 heterocycles. The molecule has 1 aromatic carbocycles. The van der Waals surface area contributed by atoms with E-state index in [-0.39, 0.29) is 24.6 Å². The van der Waals surface area contributed by atoms with E-state index in [2.05, 4.69) is 10.6 Å². The summed E-state index contributed by atoms with van der Waals surface area (Å²) in [5.74, 6) is 0. The largest absolute Gasteiger partial charge is 0.389 e. The predicted molar refractivity (Wildman–Crippen MR) is 83.8 cm³/mol. The summed E-state index contributed by atoms with van der Waals surface area (Å²) in [5.41, 5.74) is 0.874. The smallest absolute Gasteiger partial charge is 0.314 e. The summed E-state index contributed by atoms with van der Waals surface area (Å²) >= 11 is 5.87. The number of urea groups is 1. The Bertz CT molecular complexity index is 449. The summed E-state index contributed by atoms with van der Waals surface area (Å²) in [6.07, 6.45) is -0.704. The number of hydrogen-bond acceptors (Lipinski definition) is 3. The van der Waals surface area contributed by atoms with E-state index in [4.69, 9.17) is 16.3 Å². The number of benzene rings is 1. The Morgan fingerprint density at radius 3 is 2.52 bits per heavy atom. The Kier molecular flexibility index (Phi) is 6.95. The van der Waals surface area contributed by atoms with Gasteiger partial charge in [-0.3, -0.25) is 0 Å². The van der Waals surface area contributed by atoms with Crippen molar-refractivity contribution < 1.29 is 14.6 Å². The number of nitrogens with one attached hydrogen (secondary N) is 2. The van der Waals surface area contributed by atoms with Crippen molar-refractivity contribution in [3.8, 4) is 0 Å². The highest BCUT2D eigenvalue weighted by atomic mass is 35.5. The zero-order chi connectivity index (χ0) is 15.9. The van der Waals surface area contributed by atoms with Crippen molar-refractivity contribution in [1.29, 1.82) is 0 Å². The molecule has 0 saturated carbocycles. The fourth-order valence-electron chi connectivity index (χ4n) is 1.83. The van der Waals surface area contributed by atoms with Crippen LogP contribution in [-0.4, -0.2) is 44.0 Å². The van der Waals surface area contributed by atoms with Crippen molar-refractivity contribution in [3.63, 3.8) is 0 Å². The van der Waals surface area contributed by atoms with Gasteiger partial charge in [0.1, 0.15) is 0 Å². The van der Waals surface area contributed by atoms with Crippen LogP contribution in [0.1, 0.15) is 19.4 Å². The van der Waals surface area contributed by atoms with Crippen LogP contribution in [0.2, 0.25) is 5.02 Å². The molecule has 2 amide bonds. The van der Waals surface area contributed by atoms with E-state index >= 15 is 0 Å². The van der Waals surface area contributed by atoms with Gasteiger partial charge in [-0.1, -0.05) is 37.6 Å². The first-order chi connectivity index (χ1) is 9.85. The predicted octanol–water partition coefficient (Wildman–Crippen LogP) is 1.92. The van der Waals surface area contributed by atoms with Crippen LogP contribution in [0, 0.1) is 0 Å². The van der Waals surface area contributed by atoms with Gasteiger partial charge in [0.05, 0.1) is 12.7 Å². The molecule has 0 radical (unpaired) electrons. The zero-order valence-electron chi connectivity index (χ0n) is 12.6. The third kappa shape index (κ3) is 6.33. The minimum Gasteiger partial charge on any atom is -0.389 e. The highest BCUT2D eigenvalue weighted by Gasteiger charge is 2.21. The Morgan fingerprint density at radius 1 is 1.33 bits per heavy atom. The van der Waals surface area contributed by atoms with Crippen LogP contribution in [0.25, 0.3) is 0 Å². The van der Waals surface area contributed by atoms with E-state index in [9.17, 15) is 9.90 Å². The van der Waals surface area contributed by atoms with E-state index in [1.807, 2.05) is 38.1 Å². The molecular formula is C15H23ClN2O3. The number of rotatable bonds is 7. The fourth-order valence-corrected chi connectivity index (χ4v) is 1.95. The van der Waals surface area contributed by atoms with Gasteiger partial charge in [-0.25, -0.2) is 4.79 Å². The van der Waals surface area contributed by atoms with Crippen LogP contribution in [0.15, 0.2) is 24.3 Å². The lowest BCUT2D eigenvalue weighted by Crippen LogP contribution is -2.45. The summed E-state index contributed by atoms with van der Waals surface area (Å²) in [4.78, 5) is 11.7. The highest BCUT2D eigenvalue weighted by Crippen LogP contribution is 2.23. The molecule has 0 spiro atoms. The van der Waals surface area contributed by atoms with Gasteiger partial charge in [-0.05, 0) is 17.7 Å². The number of methoxy groups -OCH3 is 1.